The Morgan fingerprint density at radius 2 is 1.90 bits per heavy atom. The zero-order valence-corrected chi connectivity index (χ0v) is 19.6. The van der Waals surface area contributed by atoms with Crippen LogP contribution in [0.2, 0.25) is 0 Å². The van der Waals surface area contributed by atoms with Gasteiger partial charge >= 0.3 is 5.97 Å². The molecule has 2 fully saturated rings. The summed E-state index contributed by atoms with van der Waals surface area (Å²) in [5.74, 6) is 0.0172. The molecule has 7 nitrogen and oxygen atoms in total. The molecule has 1 aliphatic heterocycles. The molecule has 0 spiro atoms. The zero-order chi connectivity index (χ0) is 22.5. The van der Waals surface area contributed by atoms with Crippen LogP contribution in [0.25, 0.3) is 0 Å². The number of likely N-dealkylation sites (tertiary alicyclic amines) is 1. The minimum Gasteiger partial charge on any atom is -0.481 e. The number of aliphatic hydroxyl groups is 1. The molecule has 1 saturated heterocycles. The summed E-state index contributed by atoms with van der Waals surface area (Å²) in [5.41, 5.74) is 0.604. The van der Waals surface area contributed by atoms with E-state index >= 15 is 0 Å². The fourth-order valence-electron chi connectivity index (χ4n) is 5.59. The standard InChI is InChI=1S/C24H41N3O4/c1-23(2,3)24(11-5-4-6-12-24)13-7-8-18(16-21(29)30)22-25-20(26-31-22)17-27-14-9-19(28)10-15-27/h18-19,28H,4-17H2,1-3H3,(H,29,30). The number of aromatic nitrogens is 2. The van der Waals surface area contributed by atoms with Crippen LogP contribution in [0.5, 0.6) is 0 Å². The van der Waals surface area contributed by atoms with E-state index in [0.29, 0.717) is 23.7 Å². The van der Waals surface area contributed by atoms with Crippen LogP contribution in [0.4, 0.5) is 0 Å². The van der Waals surface area contributed by atoms with Gasteiger partial charge in [0.15, 0.2) is 5.82 Å². The first-order chi connectivity index (χ1) is 14.7. The minimum atomic E-state index is -0.821. The summed E-state index contributed by atoms with van der Waals surface area (Å²) in [6.07, 6.45) is 10.7. The number of aliphatic hydroxyl groups excluding tert-OH is 1. The highest BCUT2D eigenvalue weighted by atomic mass is 16.5. The molecule has 2 N–H and O–H groups in total. The van der Waals surface area contributed by atoms with Gasteiger partial charge in [-0.05, 0) is 49.4 Å². The van der Waals surface area contributed by atoms with Crippen molar-refractivity contribution < 1.29 is 19.5 Å². The summed E-state index contributed by atoms with van der Waals surface area (Å²) in [7, 11) is 0. The molecule has 1 unspecified atom stereocenters. The van der Waals surface area contributed by atoms with Crippen LogP contribution >= 0.6 is 0 Å². The van der Waals surface area contributed by atoms with Crippen molar-refractivity contribution in [3.8, 4) is 0 Å². The Hall–Kier alpha value is -1.47. The van der Waals surface area contributed by atoms with Gasteiger partial charge in [0.2, 0.25) is 5.89 Å². The van der Waals surface area contributed by atoms with Crippen molar-refractivity contribution in [2.45, 2.75) is 110 Å². The smallest absolute Gasteiger partial charge is 0.304 e. The van der Waals surface area contributed by atoms with Gasteiger partial charge in [-0.1, -0.05) is 51.6 Å². The van der Waals surface area contributed by atoms with Gasteiger partial charge in [-0.2, -0.15) is 4.98 Å². The van der Waals surface area contributed by atoms with E-state index < -0.39 is 5.97 Å². The monoisotopic (exact) mass is 435 g/mol. The lowest BCUT2D eigenvalue weighted by atomic mass is 9.57. The maximum atomic E-state index is 11.5. The number of carboxylic acids is 1. The van der Waals surface area contributed by atoms with Gasteiger partial charge in [-0.3, -0.25) is 9.69 Å². The highest BCUT2D eigenvalue weighted by molar-refractivity contribution is 5.67. The van der Waals surface area contributed by atoms with Crippen LogP contribution in [-0.2, 0) is 11.3 Å². The van der Waals surface area contributed by atoms with Gasteiger partial charge in [-0.15, -0.1) is 0 Å². The number of hydrogen-bond donors (Lipinski definition) is 2. The van der Waals surface area contributed by atoms with Crippen LogP contribution in [0, 0.1) is 10.8 Å². The Bertz CT molecular complexity index is 698. The second-order valence-electron chi connectivity index (χ2n) is 10.8. The first kappa shape index (κ1) is 24.2. The Kier molecular flexibility index (Phi) is 8.14. The third-order valence-corrected chi connectivity index (χ3v) is 7.79. The minimum absolute atomic E-state index is 0.0278. The number of carboxylic acid groups (broad SMARTS) is 1. The van der Waals surface area contributed by atoms with E-state index in [-0.39, 0.29) is 23.9 Å². The first-order valence-electron chi connectivity index (χ1n) is 12.1. The number of hydrogen-bond acceptors (Lipinski definition) is 6. The predicted molar refractivity (Wildman–Crippen MR) is 119 cm³/mol. The highest BCUT2D eigenvalue weighted by Gasteiger charge is 2.42. The molecular formula is C24H41N3O4. The third-order valence-electron chi connectivity index (χ3n) is 7.79. The summed E-state index contributed by atoms with van der Waals surface area (Å²) in [4.78, 5) is 18.3. The third kappa shape index (κ3) is 6.51. The van der Waals surface area contributed by atoms with Gasteiger partial charge in [-0.25, -0.2) is 0 Å². The second kappa shape index (κ2) is 10.4. The lowest BCUT2D eigenvalue weighted by molar-refractivity contribution is -0.137. The Labute approximate surface area is 186 Å². The van der Waals surface area contributed by atoms with Gasteiger partial charge in [0.25, 0.3) is 0 Å². The van der Waals surface area contributed by atoms with E-state index in [1.807, 2.05) is 0 Å². The van der Waals surface area contributed by atoms with Crippen LogP contribution < -0.4 is 0 Å². The zero-order valence-electron chi connectivity index (χ0n) is 19.6. The molecule has 1 aromatic rings. The van der Waals surface area contributed by atoms with Crippen molar-refractivity contribution in [3.63, 3.8) is 0 Å². The first-order valence-corrected chi connectivity index (χ1v) is 12.1. The van der Waals surface area contributed by atoms with Crippen LogP contribution in [0.1, 0.15) is 109 Å². The van der Waals surface area contributed by atoms with Gasteiger partial charge in [0, 0.05) is 19.0 Å². The average Bonchev–Trinajstić information content (AvgIpc) is 3.17. The van der Waals surface area contributed by atoms with Crippen LogP contribution in [-0.4, -0.2) is 50.4 Å². The van der Waals surface area contributed by atoms with E-state index in [9.17, 15) is 15.0 Å². The molecule has 0 bridgehead atoms. The van der Waals surface area contributed by atoms with Crippen molar-refractivity contribution >= 4 is 5.97 Å². The van der Waals surface area contributed by atoms with E-state index in [2.05, 4.69) is 35.8 Å². The summed E-state index contributed by atoms with van der Waals surface area (Å²) in [5, 5.41) is 23.2. The fraction of sp³-hybridized carbons (Fsp3) is 0.875. The molecule has 2 aliphatic rings. The molecule has 176 valence electrons. The molecule has 0 aromatic carbocycles. The van der Waals surface area contributed by atoms with Crippen molar-refractivity contribution in [1.82, 2.24) is 15.0 Å². The van der Waals surface area contributed by atoms with Crippen molar-refractivity contribution in [2.75, 3.05) is 13.1 Å². The molecule has 1 saturated carbocycles. The van der Waals surface area contributed by atoms with E-state index in [1.165, 1.54) is 32.1 Å². The summed E-state index contributed by atoms with van der Waals surface area (Å²) in [6.45, 7) is 9.30. The number of rotatable bonds is 9. The maximum Gasteiger partial charge on any atom is 0.304 e. The fourth-order valence-corrected chi connectivity index (χ4v) is 5.59. The molecule has 0 radical (unpaired) electrons. The van der Waals surface area contributed by atoms with Crippen molar-refractivity contribution in [1.29, 1.82) is 0 Å². The Balaban J connectivity index is 1.60. The topological polar surface area (TPSA) is 99.7 Å². The largest absolute Gasteiger partial charge is 0.481 e. The molecule has 1 aliphatic carbocycles. The van der Waals surface area contributed by atoms with Crippen molar-refractivity contribution in [3.05, 3.63) is 11.7 Å². The van der Waals surface area contributed by atoms with E-state index in [0.717, 1.165) is 45.2 Å². The molecule has 3 rings (SSSR count). The van der Waals surface area contributed by atoms with E-state index in [1.54, 1.807) is 0 Å². The number of nitrogens with zero attached hydrogens (tertiary/aromatic N) is 3. The van der Waals surface area contributed by atoms with Gasteiger partial charge in [0.05, 0.1) is 19.1 Å². The predicted octanol–water partition coefficient (Wildman–Crippen LogP) is 4.75. The summed E-state index contributed by atoms with van der Waals surface area (Å²) < 4.78 is 5.52. The van der Waals surface area contributed by atoms with Crippen molar-refractivity contribution in [2.24, 2.45) is 10.8 Å². The SMILES string of the molecule is CC(C)(C)C1(CCCC(CC(=O)O)c2nc(CN3CCC(O)CC3)no2)CCCCC1. The number of aliphatic carboxylic acids is 1. The normalized spacial score (nSPS) is 21.8. The number of carbonyl (C=O) groups is 1. The average molecular weight is 436 g/mol. The summed E-state index contributed by atoms with van der Waals surface area (Å²) >= 11 is 0. The lowest BCUT2D eigenvalue weighted by Crippen LogP contribution is -2.37. The molecule has 31 heavy (non-hydrogen) atoms. The molecule has 0 amide bonds. The Morgan fingerprint density at radius 1 is 1.23 bits per heavy atom. The Morgan fingerprint density at radius 3 is 2.52 bits per heavy atom. The van der Waals surface area contributed by atoms with Crippen LogP contribution in [0.3, 0.4) is 0 Å². The van der Waals surface area contributed by atoms with E-state index in [4.69, 9.17) is 4.52 Å². The lowest BCUT2D eigenvalue weighted by Gasteiger charge is -2.48. The highest BCUT2D eigenvalue weighted by Crippen LogP contribution is 2.53. The number of piperidine rings is 1. The quantitative estimate of drug-likeness (QED) is 0.577. The van der Waals surface area contributed by atoms with Gasteiger partial charge in [0.1, 0.15) is 0 Å². The molecule has 1 atom stereocenters. The summed E-state index contributed by atoms with van der Waals surface area (Å²) in [6, 6.07) is 0. The molecule has 1 aromatic heterocycles. The molecular weight excluding hydrogens is 394 g/mol. The van der Waals surface area contributed by atoms with Gasteiger partial charge < -0.3 is 14.7 Å². The second-order valence-corrected chi connectivity index (χ2v) is 10.8. The van der Waals surface area contributed by atoms with Crippen LogP contribution in [0.15, 0.2) is 4.52 Å². The molecule has 7 heteroatoms. The molecule has 2 heterocycles. The maximum absolute atomic E-state index is 11.5.